The van der Waals surface area contributed by atoms with Gasteiger partial charge in [-0.1, -0.05) is 38.3 Å². The first-order chi connectivity index (χ1) is 9.05. The number of carbonyl (C=O) groups is 1. The van der Waals surface area contributed by atoms with Crippen molar-refractivity contribution in [3.8, 4) is 5.75 Å². The van der Waals surface area contributed by atoms with Crippen LogP contribution in [0.5, 0.6) is 5.75 Å². The van der Waals surface area contributed by atoms with E-state index in [1.807, 2.05) is 18.2 Å². The topological polar surface area (TPSA) is 26.3 Å². The summed E-state index contributed by atoms with van der Waals surface area (Å²) in [7, 11) is 1.67. The summed E-state index contributed by atoms with van der Waals surface area (Å²) in [6, 6.07) is 5.97. The maximum absolute atomic E-state index is 12.1. The first kappa shape index (κ1) is 15.0. The maximum Gasteiger partial charge on any atom is 0.149 e. The number of ether oxygens (including phenoxy) is 1. The second kappa shape index (κ2) is 6.40. The molecule has 0 saturated heterocycles. The number of aryl methyl sites for hydroxylation is 1. The van der Waals surface area contributed by atoms with Crippen LogP contribution in [0, 0.1) is 0 Å². The second-order valence-electron chi connectivity index (χ2n) is 5.05. The van der Waals surface area contributed by atoms with Crippen LogP contribution in [-0.2, 0) is 11.2 Å². The average Bonchev–Trinajstić information content (AvgIpc) is 2.41. The number of hydrogen-bond donors (Lipinski definition) is 0. The van der Waals surface area contributed by atoms with Crippen LogP contribution in [0.25, 0.3) is 0 Å². The van der Waals surface area contributed by atoms with Gasteiger partial charge in [0.1, 0.15) is 11.5 Å². The van der Waals surface area contributed by atoms with E-state index in [1.54, 1.807) is 7.11 Å². The van der Waals surface area contributed by atoms with E-state index in [1.165, 1.54) is 5.56 Å². The van der Waals surface area contributed by atoms with Gasteiger partial charge < -0.3 is 4.74 Å². The minimum absolute atomic E-state index is 0.312. The lowest BCUT2D eigenvalue weighted by Crippen LogP contribution is -2.35. The molecule has 0 heterocycles. The van der Waals surface area contributed by atoms with Crippen LogP contribution in [-0.4, -0.2) is 17.2 Å². The summed E-state index contributed by atoms with van der Waals surface area (Å²) in [4.78, 5) is 12.1. The molecule has 0 radical (unpaired) electrons. The number of Topliss-reactive ketones (excluding diaryl/α,β-unsaturated/α-hetero) is 1. The molecule has 0 bridgehead atoms. The number of ketones is 1. The van der Waals surface area contributed by atoms with Crippen LogP contribution >= 0.6 is 31.9 Å². The van der Waals surface area contributed by atoms with Crippen LogP contribution < -0.4 is 4.74 Å². The fourth-order valence-electron chi connectivity index (χ4n) is 2.52. The Kier molecular flexibility index (Phi) is 5.07. The highest BCUT2D eigenvalue weighted by atomic mass is 79.9. The Bertz CT molecular complexity index is 473. The molecule has 1 unspecified atom stereocenters. The summed E-state index contributed by atoms with van der Waals surface area (Å²) in [5.74, 6) is 1.22. The number of hydrogen-bond acceptors (Lipinski definition) is 2. The van der Waals surface area contributed by atoms with E-state index in [0.29, 0.717) is 12.2 Å². The quantitative estimate of drug-likeness (QED) is 0.699. The number of alkyl halides is 1. The molecule has 2 nitrogen and oxygen atoms in total. The van der Waals surface area contributed by atoms with Gasteiger partial charge in [-0.25, -0.2) is 0 Å². The van der Waals surface area contributed by atoms with Gasteiger partial charge in [0.2, 0.25) is 0 Å². The van der Waals surface area contributed by atoms with Crippen LogP contribution in [0.3, 0.4) is 0 Å². The zero-order valence-electron chi connectivity index (χ0n) is 11.0. The van der Waals surface area contributed by atoms with Crippen LogP contribution in [0.15, 0.2) is 22.7 Å². The SMILES string of the molecule is COc1ccc(Br)c(CCC2(Br)CCCCC2=O)c1. The van der Waals surface area contributed by atoms with E-state index in [-0.39, 0.29) is 4.32 Å². The summed E-state index contributed by atoms with van der Waals surface area (Å²) >= 11 is 7.24. The lowest BCUT2D eigenvalue weighted by atomic mass is 9.84. The van der Waals surface area contributed by atoms with Crippen molar-refractivity contribution in [2.45, 2.75) is 42.8 Å². The molecule has 2 rings (SSSR count). The summed E-state index contributed by atoms with van der Waals surface area (Å²) in [5.41, 5.74) is 1.19. The smallest absolute Gasteiger partial charge is 0.149 e. The standard InChI is InChI=1S/C15H18Br2O2/c1-19-12-5-6-13(16)11(10-12)7-9-15(17)8-3-2-4-14(15)18/h5-6,10H,2-4,7-9H2,1H3. The number of carbonyl (C=O) groups excluding carboxylic acids is 1. The molecule has 0 aliphatic heterocycles. The maximum atomic E-state index is 12.1. The molecular formula is C15H18Br2O2. The van der Waals surface area contributed by atoms with Gasteiger partial charge in [0.05, 0.1) is 11.4 Å². The minimum atomic E-state index is -0.312. The van der Waals surface area contributed by atoms with Crippen LogP contribution in [0.1, 0.15) is 37.7 Å². The van der Waals surface area contributed by atoms with E-state index in [2.05, 4.69) is 31.9 Å². The van der Waals surface area contributed by atoms with Crippen LogP contribution in [0.2, 0.25) is 0 Å². The van der Waals surface area contributed by atoms with Crippen molar-refractivity contribution < 1.29 is 9.53 Å². The van der Waals surface area contributed by atoms with Gasteiger partial charge in [0.25, 0.3) is 0 Å². The monoisotopic (exact) mass is 388 g/mol. The van der Waals surface area contributed by atoms with E-state index in [4.69, 9.17) is 4.74 Å². The second-order valence-corrected chi connectivity index (χ2v) is 7.43. The third kappa shape index (κ3) is 3.60. The molecule has 0 spiro atoms. The molecule has 0 N–H and O–H groups in total. The molecule has 19 heavy (non-hydrogen) atoms. The van der Waals surface area contributed by atoms with E-state index < -0.39 is 0 Å². The lowest BCUT2D eigenvalue weighted by Gasteiger charge is -2.30. The molecule has 0 amide bonds. The zero-order valence-corrected chi connectivity index (χ0v) is 14.2. The number of rotatable bonds is 4. The lowest BCUT2D eigenvalue weighted by molar-refractivity contribution is -0.122. The Hall–Kier alpha value is -0.350. The van der Waals surface area contributed by atoms with Crippen molar-refractivity contribution in [1.82, 2.24) is 0 Å². The predicted molar refractivity (Wildman–Crippen MR) is 84.1 cm³/mol. The van der Waals surface area contributed by atoms with Crippen molar-refractivity contribution in [2.24, 2.45) is 0 Å². The fourth-order valence-corrected chi connectivity index (χ4v) is 3.64. The molecule has 1 atom stereocenters. The first-order valence-electron chi connectivity index (χ1n) is 6.60. The van der Waals surface area contributed by atoms with Crippen molar-refractivity contribution in [3.63, 3.8) is 0 Å². The van der Waals surface area contributed by atoms with Crippen molar-refractivity contribution in [3.05, 3.63) is 28.2 Å². The molecular weight excluding hydrogens is 372 g/mol. The fraction of sp³-hybridized carbons (Fsp3) is 0.533. The van der Waals surface area contributed by atoms with Crippen molar-refractivity contribution >= 4 is 37.6 Å². The van der Waals surface area contributed by atoms with E-state index >= 15 is 0 Å². The van der Waals surface area contributed by atoms with Gasteiger partial charge in [0.15, 0.2) is 0 Å². The molecule has 1 saturated carbocycles. The van der Waals surface area contributed by atoms with Gasteiger partial charge in [-0.2, -0.15) is 0 Å². The van der Waals surface area contributed by atoms with E-state index in [0.717, 1.165) is 42.3 Å². The highest BCUT2D eigenvalue weighted by Gasteiger charge is 2.36. The normalized spacial score (nSPS) is 23.4. The number of methoxy groups -OCH3 is 1. The number of benzene rings is 1. The zero-order chi connectivity index (χ0) is 13.9. The molecule has 104 valence electrons. The average molecular weight is 390 g/mol. The first-order valence-corrected chi connectivity index (χ1v) is 8.18. The molecule has 1 aromatic rings. The molecule has 0 aromatic heterocycles. The Morgan fingerprint density at radius 3 is 2.84 bits per heavy atom. The molecule has 1 aliphatic carbocycles. The predicted octanol–water partition coefficient (Wildman–Crippen LogP) is 4.67. The third-order valence-corrected chi connectivity index (χ3v) is 5.78. The van der Waals surface area contributed by atoms with Gasteiger partial charge in [-0.05, 0) is 49.4 Å². The summed E-state index contributed by atoms with van der Waals surface area (Å²) in [5, 5.41) is 0. The highest BCUT2D eigenvalue weighted by molar-refractivity contribution is 9.10. The molecule has 1 aromatic carbocycles. The molecule has 1 aliphatic rings. The van der Waals surface area contributed by atoms with Crippen LogP contribution in [0.4, 0.5) is 0 Å². The summed E-state index contributed by atoms with van der Waals surface area (Å²) in [6.45, 7) is 0. The van der Waals surface area contributed by atoms with Gasteiger partial charge in [-0.3, -0.25) is 4.79 Å². The van der Waals surface area contributed by atoms with Gasteiger partial charge in [0, 0.05) is 10.9 Å². The largest absolute Gasteiger partial charge is 0.497 e. The van der Waals surface area contributed by atoms with E-state index in [9.17, 15) is 4.79 Å². The highest BCUT2D eigenvalue weighted by Crippen LogP contribution is 2.37. The summed E-state index contributed by atoms with van der Waals surface area (Å²) in [6.07, 6.45) is 5.55. The number of halogens is 2. The Balaban J connectivity index is 2.07. The minimum Gasteiger partial charge on any atom is -0.497 e. The Labute approximate surface area is 131 Å². The van der Waals surface area contributed by atoms with Crippen molar-refractivity contribution in [2.75, 3.05) is 7.11 Å². The summed E-state index contributed by atoms with van der Waals surface area (Å²) < 4.78 is 6.01. The van der Waals surface area contributed by atoms with Crippen molar-refractivity contribution in [1.29, 1.82) is 0 Å². The molecule has 4 heteroatoms. The Morgan fingerprint density at radius 1 is 1.37 bits per heavy atom. The van der Waals surface area contributed by atoms with Gasteiger partial charge in [-0.15, -0.1) is 0 Å². The molecule has 1 fully saturated rings. The Morgan fingerprint density at radius 2 is 2.16 bits per heavy atom. The van der Waals surface area contributed by atoms with Gasteiger partial charge >= 0.3 is 0 Å². The third-order valence-electron chi connectivity index (χ3n) is 3.77.